The van der Waals surface area contributed by atoms with E-state index in [0.29, 0.717) is 0 Å². The molecule has 2 amide bonds. The molecule has 3 aromatic rings. The number of para-hydroxylation sites is 2. The number of hydrogen-bond donors (Lipinski definition) is 3. The van der Waals surface area contributed by atoms with E-state index in [0.717, 1.165) is 39.8 Å². The van der Waals surface area contributed by atoms with Crippen molar-refractivity contribution in [2.24, 2.45) is 0 Å². The van der Waals surface area contributed by atoms with Crippen molar-refractivity contribution >= 4 is 53.0 Å². The van der Waals surface area contributed by atoms with Crippen molar-refractivity contribution in [2.45, 2.75) is 27.7 Å². The number of nitrogens with one attached hydrogen (secondary N) is 2. The Labute approximate surface area is 243 Å². The van der Waals surface area contributed by atoms with Crippen molar-refractivity contribution < 1.29 is 57.6 Å². The maximum atomic E-state index is 13.2. The van der Waals surface area contributed by atoms with Crippen LogP contribution in [-0.2, 0) is 19.2 Å². The molecule has 3 N–H and O–H groups in total. The molecule has 0 radical (unpaired) electrons. The molecule has 0 fully saturated rings. The summed E-state index contributed by atoms with van der Waals surface area (Å²) < 4.78 is 20.3. The van der Waals surface area contributed by atoms with E-state index in [1.54, 1.807) is 0 Å². The Morgan fingerprint density at radius 3 is 1.26 bits per heavy atom. The molecule has 0 aromatic heterocycles. The van der Waals surface area contributed by atoms with Gasteiger partial charge in [0.2, 0.25) is 0 Å². The molecular weight excluding hydrogens is 568 g/mol. The number of ether oxygens (including phenoxy) is 4. The van der Waals surface area contributed by atoms with Crippen LogP contribution in [0.2, 0.25) is 0 Å². The molecule has 0 aliphatic heterocycles. The van der Waals surface area contributed by atoms with E-state index in [1.165, 1.54) is 42.5 Å². The summed E-state index contributed by atoms with van der Waals surface area (Å²) in [7, 11) is 0. The molecular formula is C29H24N2O12. The van der Waals surface area contributed by atoms with Crippen molar-refractivity contribution in [2.75, 3.05) is 10.6 Å². The minimum Gasteiger partial charge on any atom is -0.478 e. The number of carbonyl (C=O) groups is 7. The highest BCUT2D eigenvalue weighted by Crippen LogP contribution is 2.34. The van der Waals surface area contributed by atoms with Gasteiger partial charge in [-0.15, -0.1) is 0 Å². The van der Waals surface area contributed by atoms with Crippen molar-refractivity contribution in [1.29, 1.82) is 0 Å². The molecule has 0 unspecified atom stereocenters. The number of carboxylic acid groups (broad SMARTS) is 1. The van der Waals surface area contributed by atoms with Crippen LogP contribution in [0.15, 0.2) is 54.6 Å². The third-order valence-corrected chi connectivity index (χ3v) is 5.14. The summed E-state index contributed by atoms with van der Waals surface area (Å²) in [4.78, 5) is 84.5. The summed E-state index contributed by atoms with van der Waals surface area (Å²) in [5, 5.41) is 14.5. The Bertz CT molecular complexity index is 1550. The van der Waals surface area contributed by atoms with Crippen molar-refractivity contribution in [1.82, 2.24) is 0 Å². The summed E-state index contributed by atoms with van der Waals surface area (Å²) in [5.74, 6) is -7.37. The van der Waals surface area contributed by atoms with Crippen LogP contribution < -0.4 is 29.6 Å². The number of anilines is 2. The molecule has 0 bridgehead atoms. The van der Waals surface area contributed by atoms with E-state index in [-0.39, 0.29) is 51.1 Å². The van der Waals surface area contributed by atoms with Crippen molar-refractivity contribution in [3.05, 3.63) is 71.3 Å². The fourth-order valence-electron chi connectivity index (χ4n) is 3.65. The fraction of sp³-hybridized carbons (Fsp3) is 0.138. The molecule has 0 aliphatic carbocycles. The number of amides is 2. The Morgan fingerprint density at radius 2 is 0.930 bits per heavy atom. The molecule has 14 heteroatoms. The van der Waals surface area contributed by atoms with E-state index in [9.17, 15) is 38.7 Å². The van der Waals surface area contributed by atoms with Gasteiger partial charge in [0.05, 0.1) is 16.7 Å². The second-order valence-electron chi connectivity index (χ2n) is 8.65. The minimum atomic E-state index is -1.40. The molecule has 0 atom stereocenters. The van der Waals surface area contributed by atoms with Gasteiger partial charge in [-0.25, -0.2) is 4.79 Å². The number of carbonyl (C=O) groups excluding carboxylic acids is 6. The highest BCUT2D eigenvalue weighted by atomic mass is 16.6. The molecule has 0 heterocycles. The van der Waals surface area contributed by atoms with Gasteiger partial charge < -0.3 is 34.7 Å². The van der Waals surface area contributed by atoms with Crippen LogP contribution in [0.4, 0.5) is 11.4 Å². The Kier molecular flexibility index (Phi) is 9.91. The van der Waals surface area contributed by atoms with E-state index in [1.807, 2.05) is 0 Å². The van der Waals surface area contributed by atoms with Gasteiger partial charge in [0.1, 0.15) is 0 Å². The van der Waals surface area contributed by atoms with Crippen LogP contribution in [0.1, 0.15) is 58.8 Å². The Morgan fingerprint density at radius 1 is 0.558 bits per heavy atom. The van der Waals surface area contributed by atoms with Gasteiger partial charge >= 0.3 is 29.8 Å². The van der Waals surface area contributed by atoms with Gasteiger partial charge in [0.15, 0.2) is 23.0 Å². The molecule has 222 valence electrons. The monoisotopic (exact) mass is 592 g/mol. The smallest absolute Gasteiger partial charge is 0.335 e. The molecule has 3 rings (SSSR count). The zero-order valence-electron chi connectivity index (χ0n) is 23.1. The van der Waals surface area contributed by atoms with Crippen LogP contribution in [0, 0.1) is 0 Å². The summed E-state index contributed by atoms with van der Waals surface area (Å²) >= 11 is 0. The summed E-state index contributed by atoms with van der Waals surface area (Å²) in [6, 6.07) is 11.3. The van der Waals surface area contributed by atoms with Crippen LogP contribution in [0.3, 0.4) is 0 Å². The van der Waals surface area contributed by atoms with E-state index in [2.05, 4.69) is 10.6 Å². The second kappa shape index (κ2) is 13.5. The van der Waals surface area contributed by atoms with Gasteiger partial charge in [-0.1, -0.05) is 12.1 Å². The minimum absolute atomic E-state index is 0.0965. The SMILES string of the molecule is CC(=O)Oc1cccc(C(=O)Nc2cc(NC(=O)c3cccc(OC(C)=O)c3OC(C)=O)cc(C(=O)O)c2)c1OC(C)=O. The number of benzene rings is 3. The lowest BCUT2D eigenvalue weighted by Gasteiger charge is -2.15. The number of rotatable bonds is 9. The predicted octanol–water partition coefficient (Wildman–Crippen LogP) is 3.59. The predicted molar refractivity (Wildman–Crippen MR) is 147 cm³/mol. The van der Waals surface area contributed by atoms with Gasteiger partial charge in [-0.3, -0.25) is 28.8 Å². The first-order valence-electron chi connectivity index (χ1n) is 12.3. The molecule has 0 aliphatic rings. The highest BCUT2D eigenvalue weighted by molar-refractivity contribution is 6.10. The zero-order valence-corrected chi connectivity index (χ0v) is 23.1. The normalized spacial score (nSPS) is 10.1. The average molecular weight is 593 g/mol. The van der Waals surface area contributed by atoms with E-state index >= 15 is 0 Å². The fourth-order valence-corrected chi connectivity index (χ4v) is 3.65. The summed E-state index contributed by atoms with van der Waals surface area (Å²) in [6.07, 6.45) is 0. The van der Waals surface area contributed by atoms with Gasteiger partial charge in [-0.05, 0) is 42.5 Å². The lowest BCUT2D eigenvalue weighted by atomic mass is 10.1. The van der Waals surface area contributed by atoms with Crippen LogP contribution >= 0.6 is 0 Å². The molecule has 14 nitrogen and oxygen atoms in total. The summed E-state index contributed by atoms with van der Waals surface area (Å²) in [6.45, 7) is 4.37. The summed E-state index contributed by atoms with van der Waals surface area (Å²) in [5.41, 5.74) is -0.987. The second-order valence-corrected chi connectivity index (χ2v) is 8.65. The number of esters is 4. The largest absolute Gasteiger partial charge is 0.478 e. The molecule has 3 aromatic carbocycles. The lowest BCUT2D eigenvalue weighted by Crippen LogP contribution is -2.18. The Hall–Kier alpha value is -6.05. The van der Waals surface area contributed by atoms with Crippen molar-refractivity contribution in [3.63, 3.8) is 0 Å². The molecule has 0 saturated carbocycles. The third kappa shape index (κ3) is 8.47. The zero-order chi connectivity index (χ0) is 31.8. The maximum absolute atomic E-state index is 13.2. The highest BCUT2D eigenvalue weighted by Gasteiger charge is 2.23. The quantitative estimate of drug-likeness (QED) is 0.241. The van der Waals surface area contributed by atoms with Crippen LogP contribution in [0.25, 0.3) is 0 Å². The number of carboxylic acids is 1. The maximum Gasteiger partial charge on any atom is 0.335 e. The first kappa shape index (κ1) is 31.5. The van der Waals surface area contributed by atoms with Crippen molar-refractivity contribution in [3.8, 4) is 23.0 Å². The van der Waals surface area contributed by atoms with Gasteiger partial charge in [-0.2, -0.15) is 0 Å². The topological polar surface area (TPSA) is 201 Å². The number of hydrogen-bond acceptors (Lipinski definition) is 11. The van der Waals surface area contributed by atoms with E-state index < -0.39 is 41.7 Å². The van der Waals surface area contributed by atoms with Crippen LogP contribution in [-0.4, -0.2) is 46.8 Å². The third-order valence-electron chi connectivity index (χ3n) is 5.14. The number of aromatic carboxylic acids is 1. The molecule has 0 spiro atoms. The first-order valence-corrected chi connectivity index (χ1v) is 12.3. The standard InChI is InChI=1S/C29H24N2O12/c1-14(32)40-23-9-5-7-21(25(23)42-16(3)34)27(36)30-19-11-18(29(38)39)12-20(13-19)31-28(37)22-8-6-10-24(41-15(2)33)26(22)43-17(4)35/h5-13H,1-4H3,(H,30,36)(H,31,37)(H,38,39). The Balaban J connectivity index is 1.99. The average Bonchev–Trinajstić information content (AvgIpc) is 2.89. The lowest BCUT2D eigenvalue weighted by molar-refractivity contribution is -0.134. The van der Waals surface area contributed by atoms with Crippen LogP contribution in [0.5, 0.6) is 23.0 Å². The molecule has 0 saturated heterocycles. The first-order chi connectivity index (χ1) is 20.2. The van der Waals surface area contributed by atoms with E-state index in [4.69, 9.17) is 18.9 Å². The van der Waals surface area contributed by atoms with Gasteiger partial charge in [0.25, 0.3) is 11.8 Å². The molecule has 43 heavy (non-hydrogen) atoms. The van der Waals surface area contributed by atoms with Gasteiger partial charge in [0, 0.05) is 39.1 Å².